The summed E-state index contributed by atoms with van der Waals surface area (Å²) in [5.74, 6) is 1.55. The Morgan fingerprint density at radius 1 is 1.65 bits per heavy atom. The van der Waals surface area contributed by atoms with E-state index in [1.807, 2.05) is 12.4 Å². The van der Waals surface area contributed by atoms with Crippen LogP contribution in [0, 0.1) is 0 Å². The van der Waals surface area contributed by atoms with Crippen LogP contribution in [0.15, 0.2) is 12.4 Å². The number of nitrogens with two attached hydrogens (primary N) is 1. The van der Waals surface area contributed by atoms with Crippen molar-refractivity contribution in [3.63, 3.8) is 0 Å². The van der Waals surface area contributed by atoms with Crippen LogP contribution in [0.25, 0.3) is 0 Å². The molecule has 0 saturated heterocycles. The van der Waals surface area contributed by atoms with Gasteiger partial charge in [-0.3, -0.25) is 0 Å². The maximum absolute atomic E-state index is 9.39. The standard InChI is InChI=1S/C13H23N3O/c1-10(2)12-15-6-7-16(12)11-4-3-5-13(14,8-11)9-17/h6-7,10-11,17H,3-5,8-9,14H2,1-2H3. The van der Waals surface area contributed by atoms with Crippen molar-refractivity contribution in [2.24, 2.45) is 5.73 Å². The number of imidazole rings is 1. The first kappa shape index (κ1) is 12.6. The van der Waals surface area contributed by atoms with E-state index in [2.05, 4.69) is 23.4 Å². The predicted molar refractivity (Wildman–Crippen MR) is 67.8 cm³/mol. The molecule has 1 aromatic rings. The van der Waals surface area contributed by atoms with Crippen molar-refractivity contribution in [3.8, 4) is 0 Å². The van der Waals surface area contributed by atoms with Crippen LogP contribution in [0.2, 0.25) is 0 Å². The van der Waals surface area contributed by atoms with Gasteiger partial charge in [0.1, 0.15) is 5.82 Å². The van der Waals surface area contributed by atoms with Crippen molar-refractivity contribution in [1.82, 2.24) is 9.55 Å². The largest absolute Gasteiger partial charge is 0.394 e. The fourth-order valence-corrected chi connectivity index (χ4v) is 2.82. The van der Waals surface area contributed by atoms with Crippen molar-refractivity contribution in [1.29, 1.82) is 0 Å². The SMILES string of the molecule is CC(C)c1nccn1C1CCCC(N)(CO)C1. The molecule has 2 rings (SSSR count). The first-order valence-corrected chi connectivity index (χ1v) is 6.48. The lowest BCUT2D eigenvalue weighted by molar-refractivity contribution is 0.129. The van der Waals surface area contributed by atoms with E-state index in [4.69, 9.17) is 5.73 Å². The summed E-state index contributed by atoms with van der Waals surface area (Å²) in [6.45, 7) is 4.39. The van der Waals surface area contributed by atoms with Crippen LogP contribution in [0.4, 0.5) is 0 Å². The molecule has 1 aliphatic carbocycles. The van der Waals surface area contributed by atoms with Crippen LogP contribution < -0.4 is 5.73 Å². The fraction of sp³-hybridized carbons (Fsp3) is 0.769. The lowest BCUT2D eigenvalue weighted by atomic mass is 9.80. The zero-order valence-electron chi connectivity index (χ0n) is 10.8. The second-order valence-electron chi connectivity index (χ2n) is 5.62. The van der Waals surface area contributed by atoms with Gasteiger partial charge in [-0.15, -0.1) is 0 Å². The third-order valence-corrected chi connectivity index (χ3v) is 3.78. The Morgan fingerprint density at radius 3 is 3.06 bits per heavy atom. The molecule has 3 N–H and O–H groups in total. The molecule has 0 amide bonds. The summed E-state index contributed by atoms with van der Waals surface area (Å²) in [7, 11) is 0. The predicted octanol–water partition coefficient (Wildman–Crippen LogP) is 1.81. The Bertz CT molecular complexity index is 374. The first-order chi connectivity index (χ1) is 8.06. The second-order valence-corrected chi connectivity index (χ2v) is 5.62. The monoisotopic (exact) mass is 237 g/mol. The minimum Gasteiger partial charge on any atom is -0.394 e. The summed E-state index contributed by atoms with van der Waals surface area (Å²) in [6, 6.07) is 0.390. The Kier molecular flexibility index (Phi) is 3.54. The van der Waals surface area contributed by atoms with E-state index in [0.717, 1.165) is 31.5 Å². The van der Waals surface area contributed by atoms with Gasteiger partial charge in [0.25, 0.3) is 0 Å². The highest BCUT2D eigenvalue weighted by Crippen LogP contribution is 2.35. The maximum Gasteiger partial charge on any atom is 0.111 e. The smallest absolute Gasteiger partial charge is 0.111 e. The van der Waals surface area contributed by atoms with Crippen molar-refractivity contribution in [2.75, 3.05) is 6.61 Å². The zero-order valence-corrected chi connectivity index (χ0v) is 10.8. The molecule has 17 heavy (non-hydrogen) atoms. The molecule has 1 saturated carbocycles. The van der Waals surface area contributed by atoms with Crippen LogP contribution in [0.3, 0.4) is 0 Å². The van der Waals surface area contributed by atoms with E-state index in [0.29, 0.717) is 12.0 Å². The van der Waals surface area contributed by atoms with E-state index in [9.17, 15) is 5.11 Å². The highest BCUT2D eigenvalue weighted by Gasteiger charge is 2.33. The molecule has 1 fully saturated rings. The molecule has 96 valence electrons. The van der Waals surface area contributed by atoms with Gasteiger partial charge in [-0.05, 0) is 25.7 Å². The summed E-state index contributed by atoms with van der Waals surface area (Å²) >= 11 is 0. The molecule has 2 unspecified atom stereocenters. The van der Waals surface area contributed by atoms with Crippen LogP contribution in [0.1, 0.15) is 57.3 Å². The Balaban J connectivity index is 2.19. The van der Waals surface area contributed by atoms with Gasteiger partial charge >= 0.3 is 0 Å². The van der Waals surface area contributed by atoms with Gasteiger partial charge in [-0.2, -0.15) is 0 Å². The number of aliphatic hydroxyl groups excluding tert-OH is 1. The molecule has 1 aliphatic rings. The molecule has 4 nitrogen and oxygen atoms in total. The topological polar surface area (TPSA) is 64.1 Å². The molecule has 0 bridgehead atoms. The molecule has 4 heteroatoms. The molecule has 0 aromatic carbocycles. The highest BCUT2D eigenvalue weighted by molar-refractivity contribution is 5.03. The quantitative estimate of drug-likeness (QED) is 0.842. The van der Waals surface area contributed by atoms with Crippen molar-refractivity contribution in [2.45, 2.75) is 57.0 Å². The molecule has 0 aliphatic heterocycles. The maximum atomic E-state index is 9.39. The van der Waals surface area contributed by atoms with Crippen molar-refractivity contribution < 1.29 is 5.11 Å². The molecule has 0 spiro atoms. The zero-order chi connectivity index (χ0) is 12.5. The summed E-state index contributed by atoms with van der Waals surface area (Å²) in [5.41, 5.74) is 5.80. The Morgan fingerprint density at radius 2 is 2.41 bits per heavy atom. The van der Waals surface area contributed by atoms with Gasteiger partial charge in [-0.25, -0.2) is 4.98 Å². The molecular weight excluding hydrogens is 214 g/mol. The minimum atomic E-state index is -0.401. The number of hydrogen-bond acceptors (Lipinski definition) is 3. The van der Waals surface area contributed by atoms with E-state index < -0.39 is 5.54 Å². The number of nitrogens with zero attached hydrogens (tertiary/aromatic N) is 2. The van der Waals surface area contributed by atoms with Crippen molar-refractivity contribution >= 4 is 0 Å². The first-order valence-electron chi connectivity index (χ1n) is 6.48. The second kappa shape index (κ2) is 4.78. The summed E-state index contributed by atoms with van der Waals surface area (Å²) < 4.78 is 2.25. The summed E-state index contributed by atoms with van der Waals surface area (Å²) in [6.07, 6.45) is 7.89. The molecule has 1 aromatic heterocycles. The van der Waals surface area contributed by atoms with E-state index in [1.165, 1.54) is 0 Å². The fourth-order valence-electron chi connectivity index (χ4n) is 2.82. The van der Waals surface area contributed by atoms with Crippen LogP contribution in [-0.4, -0.2) is 26.8 Å². The van der Waals surface area contributed by atoms with Gasteiger partial charge in [0, 0.05) is 29.9 Å². The van der Waals surface area contributed by atoms with E-state index >= 15 is 0 Å². The van der Waals surface area contributed by atoms with Gasteiger partial charge < -0.3 is 15.4 Å². The average Bonchev–Trinajstić information content (AvgIpc) is 2.78. The Labute approximate surface area is 103 Å². The lowest BCUT2D eigenvalue weighted by Gasteiger charge is -2.37. The Hall–Kier alpha value is -0.870. The molecule has 1 heterocycles. The lowest BCUT2D eigenvalue weighted by Crippen LogP contribution is -2.48. The number of aromatic nitrogens is 2. The van der Waals surface area contributed by atoms with Crippen LogP contribution >= 0.6 is 0 Å². The van der Waals surface area contributed by atoms with Gasteiger partial charge in [0.2, 0.25) is 0 Å². The number of rotatable bonds is 3. The molecule has 0 radical (unpaired) electrons. The average molecular weight is 237 g/mol. The van der Waals surface area contributed by atoms with E-state index in [1.54, 1.807) is 0 Å². The summed E-state index contributed by atoms with van der Waals surface area (Å²) in [4.78, 5) is 4.42. The highest BCUT2D eigenvalue weighted by atomic mass is 16.3. The number of aliphatic hydroxyl groups is 1. The molecule has 2 atom stereocenters. The van der Waals surface area contributed by atoms with Gasteiger partial charge in [-0.1, -0.05) is 13.8 Å². The van der Waals surface area contributed by atoms with Crippen molar-refractivity contribution in [3.05, 3.63) is 18.2 Å². The third kappa shape index (κ3) is 2.53. The van der Waals surface area contributed by atoms with E-state index in [-0.39, 0.29) is 6.61 Å². The van der Waals surface area contributed by atoms with Crippen LogP contribution in [-0.2, 0) is 0 Å². The summed E-state index contributed by atoms with van der Waals surface area (Å²) in [5, 5.41) is 9.39. The molecular formula is C13H23N3O. The van der Waals surface area contributed by atoms with Crippen LogP contribution in [0.5, 0.6) is 0 Å². The normalized spacial score (nSPS) is 29.8. The minimum absolute atomic E-state index is 0.0786. The van der Waals surface area contributed by atoms with Gasteiger partial charge in [0.15, 0.2) is 0 Å². The number of hydrogen-bond donors (Lipinski definition) is 2. The van der Waals surface area contributed by atoms with Gasteiger partial charge in [0.05, 0.1) is 6.61 Å². The third-order valence-electron chi connectivity index (χ3n) is 3.78.